The van der Waals surface area contributed by atoms with Crippen LogP contribution in [0.5, 0.6) is 23.0 Å². The van der Waals surface area contributed by atoms with Crippen LogP contribution < -0.4 is 9.47 Å². The average molecular weight is 1020 g/mol. The first-order valence-corrected chi connectivity index (χ1v) is 26.7. The third-order valence-corrected chi connectivity index (χ3v) is 15.2. The van der Waals surface area contributed by atoms with Crippen LogP contribution in [0.3, 0.4) is 0 Å². The maximum Gasteiger partial charge on any atom is 0.123 e. The summed E-state index contributed by atoms with van der Waals surface area (Å²) in [5.41, 5.74) is 18.6. The number of aromatic hydroxyl groups is 2. The summed E-state index contributed by atoms with van der Waals surface area (Å²) in [6.07, 6.45) is 18.3. The first kappa shape index (κ1) is 53.7. The first-order chi connectivity index (χ1) is 38.2. The van der Waals surface area contributed by atoms with E-state index in [0.717, 1.165) is 56.0 Å². The lowest BCUT2D eigenvalue weighted by Crippen LogP contribution is -2.29. The fourth-order valence-corrected chi connectivity index (χ4v) is 12.1. The van der Waals surface area contributed by atoms with Gasteiger partial charge in [-0.1, -0.05) is 207 Å². The lowest BCUT2D eigenvalue weighted by atomic mass is 9.66. The van der Waals surface area contributed by atoms with Gasteiger partial charge < -0.3 is 19.7 Å². The largest absolute Gasteiger partial charge is 0.507 e. The molecule has 0 fully saturated rings. The number of hydrogen-bond acceptors (Lipinski definition) is 4. The molecule has 2 aliphatic rings. The van der Waals surface area contributed by atoms with Crippen LogP contribution in [0.15, 0.2) is 259 Å². The van der Waals surface area contributed by atoms with Crippen molar-refractivity contribution < 1.29 is 19.7 Å². The van der Waals surface area contributed by atoms with Crippen LogP contribution in [-0.4, -0.2) is 23.4 Å². The minimum absolute atomic E-state index is 0.290. The smallest absolute Gasteiger partial charge is 0.123 e. The van der Waals surface area contributed by atoms with E-state index < -0.39 is 10.8 Å². The fourth-order valence-electron chi connectivity index (χ4n) is 12.1. The van der Waals surface area contributed by atoms with Crippen molar-refractivity contribution in [3.8, 4) is 45.3 Å². The molecule has 0 saturated carbocycles. The number of allylic oxidation sites excluding steroid dienone is 6. The Kier molecular flexibility index (Phi) is 16.4. The van der Waals surface area contributed by atoms with Gasteiger partial charge >= 0.3 is 0 Å². The van der Waals surface area contributed by atoms with Gasteiger partial charge in [0.05, 0.1) is 10.8 Å². The minimum Gasteiger partial charge on any atom is -0.507 e. The number of fused-ring (bicyclic) bond motifs is 6. The summed E-state index contributed by atoms with van der Waals surface area (Å²) < 4.78 is 12.1. The molecule has 0 saturated heterocycles. The molecule has 0 radical (unpaired) electrons. The molecule has 0 aromatic heterocycles. The Labute approximate surface area is 462 Å². The Morgan fingerprint density at radius 2 is 0.564 bits per heavy atom. The van der Waals surface area contributed by atoms with E-state index in [9.17, 15) is 10.2 Å². The molecular formula is C74H68O4. The molecule has 2 N–H and O–H groups in total. The van der Waals surface area contributed by atoms with Gasteiger partial charge in [-0.3, -0.25) is 0 Å². The third kappa shape index (κ3) is 9.49. The van der Waals surface area contributed by atoms with Crippen molar-refractivity contribution in [2.75, 3.05) is 13.2 Å². The molecule has 10 rings (SSSR count). The molecule has 0 spiro atoms. The Bertz CT molecular complexity index is 3320. The van der Waals surface area contributed by atoms with Crippen LogP contribution in [0.4, 0.5) is 0 Å². The van der Waals surface area contributed by atoms with Gasteiger partial charge in [-0.25, -0.2) is 0 Å². The van der Waals surface area contributed by atoms with E-state index in [-0.39, 0.29) is 0 Å². The van der Waals surface area contributed by atoms with Gasteiger partial charge in [0.1, 0.15) is 36.2 Å². The van der Waals surface area contributed by atoms with Crippen molar-refractivity contribution in [2.45, 2.75) is 49.4 Å². The summed E-state index contributed by atoms with van der Waals surface area (Å²) in [6.45, 7) is 32.3. The number of phenols is 2. The molecule has 0 bridgehead atoms. The molecule has 8 aromatic carbocycles. The van der Waals surface area contributed by atoms with Crippen molar-refractivity contribution in [2.24, 2.45) is 0 Å². The van der Waals surface area contributed by atoms with E-state index in [1.54, 1.807) is 12.2 Å². The predicted octanol–water partition coefficient (Wildman–Crippen LogP) is 17.0. The minimum atomic E-state index is -0.674. The number of rotatable bonds is 22. The maximum atomic E-state index is 11.2. The normalized spacial score (nSPS) is 12.7. The van der Waals surface area contributed by atoms with Crippen molar-refractivity contribution >= 4 is 0 Å². The summed E-state index contributed by atoms with van der Waals surface area (Å²) in [5, 5.41) is 22.4. The fraction of sp³-hybridized carbons (Fsp3) is 0.135. The highest BCUT2D eigenvalue weighted by molar-refractivity contribution is 5.88. The maximum absolute atomic E-state index is 11.2. The highest BCUT2D eigenvalue weighted by atomic mass is 16.5. The van der Waals surface area contributed by atoms with Gasteiger partial charge in [-0.15, -0.1) is 39.5 Å². The Morgan fingerprint density at radius 1 is 0.308 bits per heavy atom. The van der Waals surface area contributed by atoms with E-state index in [2.05, 4.69) is 210 Å². The zero-order valence-corrected chi connectivity index (χ0v) is 44.7. The number of hydrogen-bond donors (Lipinski definition) is 2. The SMILES string of the molecule is C=CCOc1ccc(C2(c3ccc(OCC=C)c(CC=C)c3)c3ccccc3-c3ccccc32)cc1CC=C.C=CCc1cc(C2(c3cc(CC=C)c(O)c(CC=C)c3)c3ccccc3-c3ccccc32)cc(CC=C)c1O. The van der Waals surface area contributed by atoms with E-state index >= 15 is 0 Å². The molecule has 0 aliphatic heterocycles. The molecule has 78 heavy (non-hydrogen) atoms. The second-order valence-corrected chi connectivity index (χ2v) is 19.8. The van der Waals surface area contributed by atoms with Gasteiger partial charge in [0.25, 0.3) is 0 Å². The molecule has 0 amide bonds. The monoisotopic (exact) mass is 1020 g/mol. The zero-order valence-electron chi connectivity index (χ0n) is 44.7. The second-order valence-electron chi connectivity index (χ2n) is 19.8. The highest BCUT2D eigenvalue weighted by Gasteiger charge is 2.48. The van der Waals surface area contributed by atoms with Crippen LogP contribution in [0.1, 0.15) is 77.9 Å². The van der Waals surface area contributed by atoms with Crippen LogP contribution >= 0.6 is 0 Å². The summed E-state index contributed by atoms with van der Waals surface area (Å²) in [7, 11) is 0. The van der Waals surface area contributed by atoms with E-state index in [0.29, 0.717) is 63.2 Å². The summed E-state index contributed by atoms with van der Waals surface area (Å²) in [6, 6.07) is 56.3. The topological polar surface area (TPSA) is 58.9 Å². The molecule has 0 unspecified atom stereocenters. The van der Waals surface area contributed by atoms with Gasteiger partial charge in [0.2, 0.25) is 0 Å². The second kappa shape index (κ2) is 23.8. The van der Waals surface area contributed by atoms with Crippen LogP contribution in [0.2, 0.25) is 0 Å². The van der Waals surface area contributed by atoms with Gasteiger partial charge in [-0.2, -0.15) is 0 Å². The van der Waals surface area contributed by atoms with Crippen molar-refractivity contribution in [1.29, 1.82) is 0 Å². The van der Waals surface area contributed by atoms with E-state index in [1.807, 2.05) is 36.5 Å². The van der Waals surface area contributed by atoms with Crippen LogP contribution in [0, 0.1) is 0 Å². The van der Waals surface area contributed by atoms with Gasteiger partial charge in [-0.05, 0) is 151 Å². The van der Waals surface area contributed by atoms with Crippen molar-refractivity contribution in [3.05, 3.63) is 337 Å². The number of phenolic OH excluding ortho intramolecular Hbond substituents is 2. The Morgan fingerprint density at radius 3 is 0.846 bits per heavy atom. The Balaban J connectivity index is 0.000000190. The lowest BCUT2D eigenvalue weighted by molar-refractivity contribution is 0.359. The average Bonchev–Trinajstić information content (AvgIpc) is 3.24. The molecular weight excluding hydrogens is 953 g/mol. The van der Waals surface area contributed by atoms with Crippen LogP contribution in [-0.2, 0) is 49.4 Å². The van der Waals surface area contributed by atoms with Gasteiger partial charge in [0.15, 0.2) is 0 Å². The third-order valence-electron chi connectivity index (χ3n) is 15.2. The standard InChI is InChI=1S/2C37H34O2/c1-5-13-27-25-29(19-21-35(27)38-23-7-3)37(30-20-22-36(39-24-8-4)28(26-30)14-6-2)33-17-11-9-15-31(33)32-16-10-12-18-34(32)37;1-5-13-25-21-29(22-26(14-6-2)35(25)38)37(30-23-27(15-7-3)36(39)28(24-30)16-8-4)33-19-11-9-17-31(33)32-18-10-12-20-34(32)37/h5-12,15-22,25-26H,1-4,13-14,23-24H2;5-12,17-24,38-39H,1-4,13-16H2. The summed E-state index contributed by atoms with van der Waals surface area (Å²) >= 11 is 0. The van der Waals surface area contributed by atoms with Crippen LogP contribution in [0.25, 0.3) is 22.3 Å². The molecule has 4 heteroatoms. The molecule has 0 atom stereocenters. The lowest BCUT2D eigenvalue weighted by Gasteiger charge is -2.35. The summed E-state index contributed by atoms with van der Waals surface area (Å²) in [5.74, 6) is 2.29. The molecule has 2 aliphatic carbocycles. The molecule has 388 valence electrons. The van der Waals surface area contributed by atoms with Crippen molar-refractivity contribution in [3.63, 3.8) is 0 Å². The number of benzene rings is 8. The highest BCUT2D eigenvalue weighted by Crippen LogP contribution is 2.59. The summed E-state index contributed by atoms with van der Waals surface area (Å²) in [4.78, 5) is 0. The van der Waals surface area contributed by atoms with Gasteiger partial charge in [0, 0.05) is 0 Å². The predicted molar refractivity (Wildman–Crippen MR) is 326 cm³/mol. The first-order valence-electron chi connectivity index (χ1n) is 26.7. The quantitative estimate of drug-likeness (QED) is 0.0664. The van der Waals surface area contributed by atoms with E-state index in [1.165, 1.54) is 55.6 Å². The molecule has 8 aromatic rings. The number of ether oxygens (including phenoxy) is 2. The Hall–Kier alpha value is -9.12. The van der Waals surface area contributed by atoms with Crippen molar-refractivity contribution in [1.82, 2.24) is 0 Å². The molecule has 0 heterocycles. The molecule has 4 nitrogen and oxygen atoms in total. The zero-order chi connectivity index (χ0) is 54.8. The van der Waals surface area contributed by atoms with E-state index in [4.69, 9.17) is 9.47 Å².